The van der Waals surface area contributed by atoms with Crippen LogP contribution in [0.2, 0.25) is 0 Å². The molecule has 214 valence electrons. The first kappa shape index (κ1) is 30.9. The average molecular weight is 564 g/mol. The maximum Gasteiger partial charge on any atom is 0.243 e. The second-order valence-electron chi connectivity index (χ2n) is 10.6. The number of para-hydroxylation sites is 1. The van der Waals surface area contributed by atoms with Crippen LogP contribution in [0.3, 0.4) is 0 Å². The molecule has 0 aliphatic heterocycles. The molecule has 7 nitrogen and oxygen atoms in total. The molecule has 1 N–H and O–H groups in total. The van der Waals surface area contributed by atoms with Gasteiger partial charge >= 0.3 is 0 Å². The van der Waals surface area contributed by atoms with Gasteiger partial charge in [-0.2, -0.15) is 0 Å². The number of anilines is 1. The predicted molar refractivity (Wildman–Crippen MR) is 162 cm³/mol. The minimum Gasteiger partial charge on any atom is -0.352 e. The zero-order chi connectivity index (χ0) is 29.3. The highest BCUT2D eigenvalue weighted by Gasteiger charge is 2.31. The van der Waals surface area contributed by atoms with Gasteiger partial charge in [-0.25, -0.2) is 8.42 Å². The topological polar surface area (TPSA) is 86.8 Å². The van der Waals surface area contributed by atoms with E-state index in [2.05, 4.69) is 5.32 Å². The highest BCUT2D eigenvalue weighted by atomic mass is 32.2. The number of nitrogens with one attached hydrogen (secondary N) is 1. The van der Waals surface area contributed by atoms with Crippen LogP contribution in [0, 0.1) is 13.8 Å². The van der Waals surface area contributed by atoms with E-state index in [-0.39, 0.29) is 37.4 Å². The summed E-state index contributed by atoms with van der Waals surface area (Å²) in [5.74, 6) is -0.407. The van der Waals surface area contributed by atoms with Crippen molar-refractivity contribution in [2.45, 2.75) is 65.6 Å². The third-order valence-corrected chi connectivity index (χ3v) is 7.89. The van der Waals surface area contributed by atoms with Crippen molar-refractivity contribution in [2.24, 2.45) is 0 Å². The van der Waals surface area contributed by atoms with E-state index in [1.807, 2.05) is 94.4 Å². The average Bonchev–Trinajstić information content (AvgIpc) is 2.89. The van der Waals surface area contributed by atoms with Gasteiger partial charge in [0.1, 0.15) is 6.04 Å². The lowest BCUT2D eigenvalue weighted by Crippen LogP contribution is -2.51. The van der Waals surface area contributed by atoms with E-state index >= 15 is 0 Å². The Morgan fingerprint density at radius 1 is 0.850 bits per heavy atom. The molecule has 1 atom stereocenters. The third kappa shape index (κ3) is 8.95. The Hall–Kier alpha value is -3.65. The van der Waals surface area contributed by atoms with Crippen molar-refractivity contribution in [2.75, 3.05) is 17.1 Å². The van der Waals surface area contributed by atoms with Crippen molar-refractivity contribution >= 4 is 27.5 Å². The minimum absolute atomic E-state index is 0.0838. The molecule has 0 unspecified atom stereocenters. The van der Waals surface area contributed by atoms with Crippen molar-refractivity contribution in [3.63, 3.8) is 0 Å². The Morgan fingerprint density at radius 2 is 1.48 bits per heavy atom. The summed E-state index contributed by atoms with van der Waals surface area (Å²) in [5, 5.41) is 2.99. The molecule has 3 aromatic carbocycles. The van der Waals surface area contributed by atoms with Gasteiger partial charge in [0.25, 0.3) is 0 Å². The molecule has 0 spiro atoms. The van der Waals surface area contributed by atoms with Crippen LogP contribution < -0.4 is 9.62 Å². The van der Waals surface area contributed by atoms with Gasteiger partial charge < -0.3 is 10.2 Å². The zero-order valence-electron chi connectivity index (χ0n) is 24.1. The number of aryl methyl sites for hydroxylation is 2. The van der Waals surface area contributed by atoms with Crippen LogP contribution in [-0.4, -0.2) is 50.0 Å². The fourth-order valence-electron chi connectivity index (χ4n) is 4.65. The number of hydrogen-bond donors (Lipinski definition) is 1. The second-order valence-corrected chi connectivity index (χ2v) is 12.5. The zero-order valence-corrected chi connectivity index (χ0v) is 24.9. The Labute approximate surface area is 239 Å². The molecule has 3 rings (SSSR count). The third-order valence-electron chi connectivity index (χ3n) is 6.71. The van der Waals surface area contributed by atoms with Crippen molar-refractivity contribution in [1.82, 2.24) is 10.2 Å². The molecule has 3 aromatic rings. The second kappa shape index (κ2) is 14.1. The Kier molecular flexibility index (Phi) is 10.9. The Morgan fingerprint density at radius 3 is 2.08 bits per heavy atom. The summed E-state index contributed by atoms with van der Waals surface area (Å²) in [5.41, 5.74) is 4.43. The van der Waals surface area contributed by atoms with Crippen LogP contribution in [0.4, 0.5) is 5.69 Å². The van der Waals surface area contributed by atoms with Crippen molar-refractivity contribution in [3.8, 4) is 0 Å². The van der Waals surface area contributed by atoms with Crippen LogP contribution >= 0.6 is 0 Å². The highest BCUT2D eigenvalue weighted by Crippen LogP contribution is 2.23. The number of hydrogen-bond acceptors (Lipinski definition) is 4. The monoisotopic (exact) mass is 563 g/mol. The van der Waals surface area contributed by atoms with Gasteiger partial charge in [-0.3, -0.25) is 13.9 Å². The Balaban J connectivity index is 1.88. The number of carbonyl (C=O) groups is 2. The maximum atomic E-state index is 13.8. The molecule has 0 aliphatic carbocycles. The van der Waals surface area contributed by atoms with E-state index in [4.69, 9.17) is 0 Å². The number of amides is 2. The maximum absolute atomic E-state index is 13.8. The normalized spacial score (nSPS) is 12.2. The number of nitrogens with zero attached hydrogens (tertiary/aromatic N) is 2. The quantitative estimate of drug-likeness (QED) is 0.317. The van der Waals surface area contributed by atoms with Gasteiger partial charge in [0.15, 0.2) is 0 Å². The van der Waals surface area contributed by atoms with Gasteiger partial charge in [0.05, 0.1) is 11.9 Å². The summed E-state index contributed by atoms with van der Waals surface area (Å²) in [6.45, 7) is 8.10. The summed E-state index contributed by atoms with van der Waals surface area (Å²) >= 11 is 0. The van der Waals surface area contributed by atoms with Crippen LogP contribution in [0.25, 0.3) is 0 Å². The number of benzene rings is 3. The van der Waals surface area contributed by atoms with Crippen LogP contribution in [0.5, 0.6) is 0 Å². The largest absolute Gasteiger partial charge is 0.352 e. The molecule has 0 heterocycles. The van der Waals surface area contributed by atoms with E-state index in [0.29, 0.717) is 18.5 Å². The number of sulfonamides is 1. The molecule has 0 saturated heterocycles. The van der Waals surface area contributed by atoms with Gasteiger partial charge in [0.2, 0.25) is 21.8 Å². The van der Waals surface area contributed by atoms with Gasteiger partial charge in [-0.1, -0.05) is 78.4 Å². The SMILES string of the molecule is Cc1ccc(CN(C(=O)CCCN(c2ccccc2C)S(C)(=O)=O)[C@H](Cc2ccccc2)C(=O)NC(C)C)cc1. The predicted octanol–water partition coefficient (Wildman–Crippen LogP) is 5.01. The summed E-state index contributed by atoms with van der Waals surface area (Å²) in [6.07, 6.45) is 1.96. The molecule has 0 radical (unpaired) electrons. The summed E-state index contributed by atoms with van der Waals surface area (Å²) in [6, 6.07) is 24.1. The molecular weight excluding hydrogens is 522 g/mol. The molecule has 40 heavy (non-hydrogen) atoms. The van der Waals surface area contributed by atoms with E-state index in [9.17, 15) is 18.0 Å². The van der Waals surface area contributed by atoms with E-state index in [1.165, 1.54) is 10.6 Å². The van der Waals surface area contributed by atoms with E-state index in [0.717, 1.165) is 22.3 Å². The molecule has 0 saturated carbocycles. The number of carbonyl (C=O) groups excluding carboxylic acids is 2. The van der Waals surface area contributed by atoms with Gasteiger partial charge in [0, 0.05) is 32.0 Å². The lowest BCUT2D eigenvalue weighted by molar-refractivity contribution is -0.141. The first-order valence-electron chi connectivity index (χ1n) is 13.7. The summed E-state index contributed by atoms with van der Waals surface area (Å²) < 4.78 is 26.6. The van der Waals surface area contributed by atoms with Crippen LogP contribution in [0.1, 0.15) is 48.9 Å². The van der Waals surface area contributed by atoms with Crippen molar-refractivity contribution in [1.29, 1.82) is 0 Å². The Bertz CT molecular complexity index is 1370. The lowest BCUT2D eigenvalue weighted by Gasteiger charge is -2.32. The molecule has 0 aromatic heterocycles. The number of rotatable bonds is 13. The smallest absolute Gasteiger partial charge is 0.243 e. The van der Waals surface area contributed by atoms with Crippen molar-refractivity contribution < 1.29 is 18.0 Å². The minimum atomic E-state index is -3.55. The van der Waals surface area contributed by atoms with Gasteiger partial charge in [-0.05, 0) is 56.9 Å². The standard InChI is InChI=1S/C32H41N3O4S/c1-24(2)33-32(37)30(22-27-13-7-6-8-14-27)34(23-28-19-17-25(3)18-20-28)31(36)16-11-21-35(40(5,38)39)29-15-10-9-12-26(29)4/h6-10,12-15,17-20,24,30H,11,16,21-23H2,1-5H3,(H,33,37)/t30-/m1/s1. The molecular formula is C32H41N3O4S. The first-order chi connectivity index (χ1) is 19.0. The molecule has 0 aliphatic rings. The fraction of sp³-hybridized carbons (Fsp3) is 0.375. The highest BCUT2D eigenvalue weighted by molar-refractivity contribution is 7.92. The van der Waals surface area contributed by atoms with Crippen LogP contribution in [-0.2, 0) is 32.6 Å². The lowest BCUT2D eigenvalue weighted by atomic mass is 10.0. The first-order valence-corrected chi connectivity index (χ1v) is 15.5. The van der Waals surface area contributed by atoms with Gasteiger partial charge in [-0.15, -0.1) is 0 Å². The summed E-state index contributed by atoms with van der Waals surface area (Å²) in [4.78, 5) is 29.0. The molecule has 8 heteroatoms. The van der Waals surface area contributed by atoms with Crippen LogP contribution in [0.15, 0.2) is 78.9 Å². The van der Waals surface area contributed by atoms with Crippen molar-refractivity contribution in [3.05, 3.63) is 101 Å². The molecule has 2 amide bonds. The summed E-state index contributed by atoms with van der Waals surface area (Å²) in [7, 11) is -3.55. The van der Waals surface area contributed by atoms with E-state index < -0.39 is 16.1 Å². The van der Waals surface area contributed by atoms with E-state index in [1.54, 1.807) is 17.0 Å². The molecule has 0 fully saturated rings. The fourth-order valence-corrected chi connectivity index (χ4v) is 5.67. The molecule has 0 bridgehead atoms.